The summed E-state index contributed by atoms with van der Waals surface area (Å²) in [4.78, 5) is 0.508. The van der Waals surface area contributed by atoms with Gasteiger partial charge in [0.15, 0.2) is 0 Å². The number of aromatic nitrogens is 1. The molecule has 2 aromatic heterocycles. The number of hydrogen-bond donors (Lipinski definition) is 0. The standard InChI is InChI=1S/C32H34B2F3NO5S.C2H6/c1-29(2)30(3,4)41-33(40-29)18-9-10-21-17(13-18)14-22-26-20(35)15-19(34-42-31(5,6)32(7,8)43-34)16-23(26)39-28(38(21)22)25-12-11-24(44-25)27(36)37;1-2/h9-16,27-28H,1-8H3;1-2H3. The van der Waals surface area contributed by atoms with Crippen molar-refractivity contribution in [2.45, 2.75) is 104 Å². The molecule has 3 aliphatic rings. The van der Waals surface area contributed by atoms with Gasteiger partial charge < -0.3 is 23.4 Å². The van der Waals surface area contributed by atoms with E-state index in [9.17, 15) is 8.78 Å². The molecule has 1 unspecified atom stereocenters. The molecule has 244 valence electrons. The van der Waals surface area contributed by atoms with Crippen LogP contribution in [-0.2, 0) is 18.6 Å². The molecule has 1 atom stereocenters. The summed E-state index contributed by atoms with van der Waals surface area (Å²) in [5.41, 5.74) is 0.665. The van der Waals surface area contributed by atoms with Crippen molar-refractivity contribution >= 4 is 47.4 Å². The van der Waals surface area contributed by atoms with Crippen molar-refractivity contribution in [3.05, 3.63) is 64.1 Å². The molecule has 7 rings (SSSR count). The zero-order chi connectivity index (χ0) is 33.6. The molecule has 12 heteroatoms. The van der Waals surface area contributed by atoms with E-state index >= 15 is 4.39 Å². The fraction of sp³-hybridized carbons (Fsp3) is 0.471. The average molecular weight is 653 g/mol. The minimum absolute atomic E-state index is 0.0624. The summed E-state index contributed by atoms with van der Waals surface area (Å²) < 4.78 is 76.8. The number of fused-ring (bicyclic) bond motifs is 5. The first-order valence-electron chi connectivity index (χ1n) is 15.7. The van der Waals surface area contributed by atoms with Gasteiger partial charge in [0.1, 0.15) is 11.6 Å². The van der Waals surface area contributed by atoms with Gasteiger partial charge in [0.25, 0.3) is 6.43 Å². The second-order valence-corrected chi connectivity index (χ2v) is 14.9. The van der Waals surface area contributed by atoms with E-state index in [0.717, 1.165) is 27.7 Å². The lowest BCUT2D eigenvalue weighted by molar-refractivity contribution is 0.00578. The summed E-state index contributed by atoms with van der Waals surface area (Å²) >= 11 is 0.975. The zero-order valence-corrected chi connectivity index (χ0v) is 28.8. The normalized spacial score (nSPS) is 22.0. The molecule has 3 aliphatic heterocycles. The summed E-state index contributed by atoms with van der Waals surface area (Å²) in [6.45, 7) is 19.7. The Morgan fingerprint density at radius 3 is 1.85 bits per heavy atom. The molecule has 0 amide bonds. The zero-order valence-electron chi connectivity index (χ0n) is 28.0. The SMILES string of the molecule is CC.CC1(C)OB(c2cc(F)c3c(c2)OC(c2ccc(C(F)F)s2)n2c-3cc3cc(B4OC(C)(C)C(C)(C)O4)ccc32)OC1(C)C. The number of benzene rings is 2. The maximum Gasteiger partial charge on any atom is 0.495 e. The molecule has 0 aliphatic carbocycles. The number of nitrogens with zero attached hydrogens (tertiary/aromatic N) is 1. The fourth-order valence-electron chi connectivity index (χ4n) is 5.86. The lowest BCUT2D eigenvalue weighted by Crippen LogP contribution is -2.41. The van der Waals surface area contributed by atoms with Crippen molar-refractivity contribution in [2.75, 3.05) is 0 Å². The molecule has 6 nitrogen and oxygen atoms in total. The van der Waals surface area contributed by atoms with Gasteiger partial charge in [0.2, 0.25) is 6.23 Å². The Labute approximate surface area is 273 Å². The van der Waals surface area contributed by atoms with E-state index < -0.39 is 55.1 Å². The minimum Gasteiger partial charge on any atom is -0.464 e. The first-order valence-corrected chi connectivity index (χ1v) is 16.5. The van der Waals surface area contributed by atoms with Gasteiger partial charge in [-0.2, -0.15) is 0 Å². The van der Waals surface area contributed by atoms with E-state index in [4.69, 9.17) is 23.4 Å². The van der Waals surface area contributed by atoms with E-state index in [-0.39, 0.29) is 16.2 Å². The number of ether oxygens (including phenoxy) is 1. The highest BCUT2D eigenvalue weighted by atomic mass is 32.1. The largest absolute Gasteiger partial charge is 0.495 e. The van der Waals surface area contributed by atoms with Crippen molar-refractivity contribution in [3.63, 3.8) is 0 Å². The summed E-state index contributed by atoms with van der Waals surface area (Å²) in [5.74, 6) is -0.214. The lowest BCUT2D eigenvalue weighted by atomic mass is 9.78. The van der Waals surface area contributed by atoms with Crippen molar-refractivity contribution < 1.29 is 36.5 Å². The van der Waals surface area contributed by atoms with E-state index in [2.05, 4.69) is 0 Å². The topological polar surface area (TPSA) is 51.1 Å². The summed E-state index contributed by atoms with van der Waals surface area (Å²) in [6.07, 6.45) is -3.41. The summed E-state index contributed by atoms with van der Waals surface area (Å²) in [6, 6.07) is 13.9. The van der Waals surface area contributed by atoms with Gasteiger partial charge in [-0.1, -0.05) is 26.0 Å². The second kappa shape index (κ2) is 11.2. The molecule has 5 heterocycles. The summed E-state index contributed by atoms with van der Waals surface area (Å²) in [7, 11) is -1.38. The van der Waals surface area contributed by atoms with Crippen LogP contribution in [0.3, 0.4) is 0 Å². The Bertz CT molecular complexity index is 1770. The van der Waals surface area contributed by atoms with Crippen LogP contribution >= 0.6 is 11.3 Å². The molecule has 2 aromatic carbocycles. The number of hydrogen-bond acceptors (Lipinski definition) is 6. The van der Waals surface area contributed by atoms with Crippen molar-refractivity contribution in [1.82, 2.24) is 4.57 Å². The molecular weight excluding hydrogens is 613 g/mol. The first-order chi connectivity index (χ1) is 21.5. The van der Waals surface area contributed by atoms with Gasteiger partial charge in [0, 0.05) is 5.39 Å². The molecular formula is C34H40B2F3NO5S. The molecule has 2 saturated heterocycles. The van der Waals surface area contributed by atoms with Gasteiger partial charge in [-0.3, -0.25) is 4.57 Å². The Kier molecular flexibility index (Phi) is 8.04. The van der Waals surface area contributed by atoms with Crippen LogP contribution in [0, 0.1) is 5.82 Å². The quantitative estimate of drug-likeness (QED) is 0.209. The number of halogens is 3. The predicted molar refractivity (Wildman–Crippen MR) is 178 cm³/mol. The van der Waals surface area contributed by atoms with Crippen molar-refractivity contribution in [3.8, 4) is 17.0 Å². The van der Waals surface area contributed by atoms with E-state index in [0.29, 0.717) is 16.0 Å². The number of rotatable bonds is 4. The molecule has 46 heavy (non-hydrogen) atoms. The highest BCUT2D eigenvalue weighted by molar-refractivity contribution is 7.12. The van der Waals surface area contributed by atoms with Crippen molar-refractivity contribution in [1.29, 1.82) is 0 Å². The molecule has 4 aromatic rings. The van der Waals surface area contributed by atoms with Crippen LogP contribution in [0.2, 0.25) is 0 Å². The average Bonchev–Trinajstić information content (AvgIpc) is 3.70. The maximum absolute atomic E-state index is 16.2. The van der Waals surface area contributed by atoms with Gasteiger partial charge in [-0.05, 0) is 103 Å². The molecule has 0 spiro atoms. The molecule has 0 saturated carbocycles. The minimum atomic E-state index is -2.61. The molecule has 0 radical (unpaired) electrons. The van der Waals surface area contributed by atoms with Gasteiger partial charge in [-0.15, -0.1) is 11.3 Å². The first kappa shape index (κ1) is 33.2. The fourth-order valence-corrected chi connectivity index (χ4v) is 6.75. The van der Waals surface area contributed by atoms with E-state index in [1.54, 1.807) is 12.1 Å². The van der Waals surface area contributed by atoms with Crippen LogP contribution in [0.1, 0.15) is 91.6 Å². The van der Waals surface area contributed by atoms with Crippen molar-refractivity contribution in [2.24, 2.45) is 0 Å². The smallest absolute Gasteiger partial charge is 0.464 e. The third-order valence-electron chi connectivity index (χ3n) is 9.83. The Hall–Kier alpha value is -2.76. The highest BCUT2D eigenvalue weighted by Gasteiger charge is 2.53. The summed E-state index contributed by atoms with van der Waals surface area (Å²) in [5, 5.41) is 0.814. The Morgan fingerprint density at radius 1 is 0.739 bits per heavy atom. The van der Waals surface area contributed by atoms with E-state index in [1.807, 2.05) is 98.1 Å². The van der Waals surface area contributed by atoms with Gasteiger partial charge in [0.05, 0.1) is 48.9 Å². The van der Waals surface area contributed by atoms with Gasteiger partial charge >= 0.3 is 14.2 Å². The van der Waals surface area contributed by atoms with Crippen LogP contribution in [0.25, 0.3) is 22.2 Å². The van der Waals surface area contributed by atoms with Crippen LogP contribution < -0.4 is 15.7 Å². The lowest BCUT2D eigenvalue weighted by Gasteiger charge is -2.32. The number of alkyl halides is 2. The highest BCUT2D eigenvalue weighted by Crippen LogP contribution is 2.47. The van der Waals surface area contributed by atoms with Crippen LogP contribution in [0.15, 0.2) is 48.5 Å². The molecule has 2 fully saturated rings. The monoisotopic (exact) mass is 653 g/mol. The number of thiophene rings is 1. The van der Waals surface area contributed by atoms with Crippen LogP contribution in [0.5, 0.6) is 5.75 Å². The maximum atomic E-state index is 16.2. The second-order valence-electron chi connectivity index (χ2n) is 13.8. The van der Waals surface area contributed by atoms with E-state index in [1.165, 1.54) is 12.1 Å². The molecule has 0 bridgehead atoms. The van der Waals surface area contributed by atoms with Gasteiger partial charge in [-0.25, -0.2) is 13.2 Å². The predicted octanol–water partition coefficient (Wildman–Crippen LogP) is 8.01. The third kappa shape index (κ3) is 5.21. The molecule has 0 N–H and O–H groups in total. The van der Waals surface area contributed by atoms with Crippen LogP contribution in [0.4, 0.5) is 13.2 Å². The Morgan fingerprint density at radius 2 is 1.30 bits per heavy atom. The van der Waals surface area contributed by atoms with Crippen LogP contribution in [-0.4, -0.2) is 41.2 Å². The Balaban J connectivity index is 0.00000182. The third-order valence-corrected chi connectivity index (χ3v) is 10.9.